The zero-order valence-corrected chi connectivity index (χ0v) is 19.0. The normalized spacial score (nSPS) is 11.4. The lowest BCUT2D eigenvalue weighted by Gasteiger charge is -2.21. The number of ether oxygens (including phenoxy) is 2. The van der Waals surface area contributed by atoms with Crippen LogP contribution in [0, 0.1) is 6.92 Å². The molecule has 0 aliphatic rings. The van der Waals surface area contributed by atoms with Crippen LogP contribution in [0.2, 0.25) is 0 Å². The van der Waals surface area contributed by atoms with Crippen molar-refractivity contribution < 1.29 is 22.7 Å². The van der Waals surface area contributed by atoms with E-state index in [9.17, 15) is 13.2 Å². The van der Waals surface area contributed by atoms with Gasteiger partial charge in [-0.15, -0.1) is 0 Å². The number of amides is 1. The van der Waals surface area contributed by atoms with Crippen molar-refractivity contribution in [1.29, 1.82) is 0 Å². The molecule has 0 spiro atoms. The Kier molecular flexibility index (Phi) is 8.25. The molecule has 0 aromatic heterocycles. The Morgan fingerprint density at radius 3 is 2.17 bits per heavy atom. The van der Waals surface area contributed by atoms with Gasteiger partial charge in [0.05, 0.1) is 18.6 Å². The molecule has 0 fully saturated rings. The second-order valence-corrected chi connectivity index (χ2v) is 8.75. The van der Waals surface area contributed by atoms with Crippen molar-refractivity contribution in [2.75, 3.05) is 40.4 Å². The second kappa shape index (κ2) is 10.4. The molecule has 0 bridgehead atoms. The zero-order chi connectivity index (χ0) is 22.3. The van der Waals surface area contributed by atoms with Crippen LogP contribution in [-0.2, 0) is 10.0 Å². The van der Waals surface area contributed by atoms with Crippen LogP contribution in [-0.4, -0.2) is 63.9 Å². The van der Waals surface area contributed by atoms with E-state index in [2.05, 4.69) is 0 Å². The van der Waals surface area contributed by atoms with Gasteiger partial charge in [0, 0.05) is 25.7 Å². The Hall–Kier alpha value is -2.58. The van der Waals surface area contributed by atoms with Gasteiger partial charge in [-0.2, -0.15) is 4.31 Å². The van der Waals surface area contributed by atoms with Crippen LogP contribution < -0.4 is 9.47 Å². The number of hydrogen-bond acceptors (Lipinski definition) is 5. The molecular formula is C22H30N2O5S. The van der Waals surface area contributed by atoms with E-state index < -0.39 is 10.0 Å². The molecule has 0 aliphatic heterocycles. The first-order valence-electron chi connectivity index (χ1n) is 9.87. The largest absolute Gasteiger partial charge is 0.497 e. The Bertz CT molecular complexity index is 954. The fourth-order valence-electron chi connectivity index (χ4n) is 2.98. The van der Waals surface area contributed by atoms with Crippen molar-refractivity contribution >= 4 is 15.9 Å². The third kappa shape index (κ3) is 5.52. The highest BCUT2D eigenvalue weighted by atomic mass is 32.2. The van der Waals surface area contributed by atoms with Crippen LogP contribution >= 0.6 is 0 Å². The number of nitrogens with zero attached hydrogens (tertiary/aromatic N) is 2. The molecule has 164 valence electrons. The molecule has 0 unspecified atom stereocenters. The van der Waals surface area contributed by atoms with Gasteiger partial charge < -0.3 is 14.4 Å². The van der Waals surface area contributed by atoms with Gasteiger partial charge in [-0.05, 0) is 48.9 Å². The monoisotopic (exact) mass is 434 g/mol. The molecule has 0 aliphatic carbocycles. The summed E-state index contributed by atoms with van der Waals surface area (Å²) in [7, 11) is -0.362. The molecule has 0 atom stereocenters. The minimum Gasteiger partial charge on any atom is -0.497 e. The lowest BCUT2D eigenvalue weighted by atomic mass is 10.1. The number of methoxy groups -OCH3 is 1. The summed E-state index contributed by atoms with van der Waals surface area (Å²) in [6.07, 6.45) is 0. The number of rotatable bonds is 10. The van der Waals surface area contributed by atoms with Crippen molar-refractivity contribution in [2.45, 2.75) is 25.7 Å². The van der Waals surface area contributed by atoms with Gasteiger partial charge >= 0.3 is 0 Å². The average Bonchev–Trinajstić information content (AvgIpc) is 2.74. The molecule has 8 heteroatoms. The van der Waals surface area contributed by atoms with E-state index in [1.54, 1.807) is 71.3 Å². The molecule has 0 radical (unpaired) electrons. The molecule has 0 heterocycles. The third-order valence-electron chi connectivity index (χ3n) is 4.88. The van der Waals surface area contributed by atoms with Crippen molar-refractivity contribution in [3.8, 4) is 11.5 Å². The summed E-state index contributed by atoms with van der Waals surface area (Å²) in [5.41, 5.74) is 1.09. The summed E-state index contributed by atoms with van der Waals surface area (Å²) in [5, 5.41) is 0. The summed E-state index contributed by atoms with van der Waals surface area (Å²) in [4.78, 5) is 14.6. The van der Waals surface area contributed by atoms with Gasteiger partial charge in [-0.3, -0.25) is 4.79 Å². The minimum atomic E-state index is -3.63. The van der Waals surface area contributed by atoms with Crippen LogP contribution in [0.4, 0.5) is 0 Å². The first kappa shape index (κ1) is 23.7. The van der Waals surface area contributed by atoms with Crippen LogP contribution in [0.3, 0.4) is 0 Å². The van der Waals surface area contributed by atoms with Crippen molar-refractivity contribution in [3.05, 3.63) is 53.6 Å². The van der Waals surface area contributed by atoms with Gasteiger partial charge in [0.1, 0.15) is 18.1 Å². The van der Waals surface area contributed by atoms with Gasteiger partial charge in [-0.25, -0.2) is 8.42 Å². The smallest absolute Gasteiger partial charge is 0.254 e. The van der Waals surface area contributed by atoms with E-state index in [1.165, 1.54) is 15.3 Å². The van der Waals surface area contributed by atoms with Crippen molar-refractivity contribution in [3.63, 3.8) is 0 Å². The van der Waals surface area contributed by atoms with Crippen molar-refractivity contribution in [1.82, 2.24) is 9.21 Å². The number of sulfonamides is 1. The van der Waals surface area contributed by atoms with Gasteiger partial charge in [0.15, 0.2) is 0 Å². The van der Waals surface area contributed by atoms with Gasteiger partial charge in [-0.1, -0.05) is 19.9 Å². The molecule has 0 N–H and O–H groups in total. The highest BCUT2D eigenvalue weighted by Gasteiger charge is 2.24. The fourth-order valence-corrected chi connectivity index (χ4v) is 4.47. The van der Waals surface area contributed by atoms with E-state index >= 15 is 0 Å². The third-order valence-corrected chi connectivity index (χ3v) is 6.93. The summed E-state index contributed by atoms with van der Waals surface area (Å²) >= 11 is 0. The summed E-state index contributed by atoms with van der Waals surface area (Å²) in [6, 6.07) is 11.9. The SMILES string of the molecule is CCN(CC)S(=O)(=O)c1ccc(C)c(C(=O)N(C)CCOc2ccc(OC)cc2)c1. The van der Waals surface area contributed by atoms with Crippen molar-refractivity contribution in [2.24, 2.45) is 0 Å². The highest BCUT2D eigenvalue weighted by molar-refractivity contribution is 7.89. The Morgan fingerprint density at radius 2 is 1.60 bits per heavy atom. The fraction of sp³-hybridized carbons (Fsp3) is 0.409. The summed E-state index contributed by atoms with van der Waals surface area (Å²) in [6.45, 7) is 6.79. The molecule has 2 rings (SSSR count). The molecule has 2 aromatic rings. The van der Waals surface area contributed by atoms with Gasteiger partial charge in [0.2, 0.25) is 10.0 Å². The first-order valence-corrected chi connectivity index (χ1v) is 11.3. The number of carbonyl (C=O) groups is 1. The minimum absolute atomic E-state index is 0.128. The molecule has 1 amide bonds. The number of likely N-dealkylation sites (N-methyl/N-ethyl adjacent to an activating group) is 1. The van der Waals surface area contributed by atoms with Gasteiger partial charge in [0.25, 0.3) is 5.91 Å². The maximum absolute atomic E-state index is 12.9. The van der Waals surface area contributed by atoms with E-state index in [0.29, 0.717) is 37.6 Å². The molecule has 0 saturated heterocycles. The lowest BCUT2D eigenvalue weighted by Crippen LogP contribution is -2.33. The van der Waals surface area contributed by atoms with E-state index in [0.717, 1.165) is 11.3 Å². The quantitative estimate of drug-likeness (QED) is 0.574. The van der Waals surface area contributed by atoms with E-state index in [-0.39, 0.29) is 10.8 Å². The summed E-state index contributed by atoms with van der Waals surface area (Å²) < 4.78 is 37.8. The summed E-state index contributed by atoms with van der Waals surface area (Å²) in [5.74, 6) is 1.17. The van der Waals surface area contributed by atoms with Crippen LogP contribution in [0.1, 0.15) is 29.8 Å². The maximum Gasteiger partial charge on any atom is 0.254 e. The molecule has 2 aromatic carbocycles. The highest BCUT2D eigenvalue weighted by Crippen LogP contribution is 2.21. The molecule has 0 saturated carbocycles. The second-order valence-electron chi connectivity index (χ2n) is 6.82. The number of carbonyl (C=O) groups excluding carboxylic acids is 1. The zero-order valence-electron chi connectivity index (χ0n) is 18.2. The lowest BCUT2D eigenvalue weighted by molar-refractivity contribution is 0.0773. The first-order chi connectivity index (χ1) is 14.2. The Morgan fingerprint density at radius 1 is 1.00 bits per heavy atom. The maximum atomic E-state index is 12.9. The molecule has 7 nitrogen and oxygen atoms in total. The average molecular weight is 435 g/mol. The predicted molar refractivity (Wildman–Crippen MR) is 117 cm³/mol. The van der Waals surface area contributed by atoms with E-state index in [1.807, 2.05) is 0 Å². The van der Waals surface area contributed by atoms with Crippen LogP contribution in [0.15, 0.2) is 47.4 Å². The Labute approximate surface area is 179 Å². The standard InChI is InChI=1S/C22H30N2O5S/c1-6-24(7-2)30(26,27)20-13-8-17(3)21(16-20)22(25)23(4)14-15-29-19-11-9-18(28-5)10-12-19/h8-13,16H,6-7,14-15H2,1-5H3. The molecule has 30 heavy (non-hydrogen) atoms. The molecular weight excluding hydrogens is 404 g/mol. The number of benzene rings is 2. The number of aryl methyl sites for hydroxylation is 1. The van der Waals surface area contributed by atoms with Crippen LogP contribution in [0.5, 0.6) is 11.5 Å². The topological polar surface area (TPSA) is 76.2 Å². The van der Waals surface area contributed by atoms with Crippen LogP contribution in [0.25, 0.3) is 0 Å². The Balaban J connectivity index is 2.09. The van der Waals surface area contributed by atoms with E-state index in [4.69, 9.17) is 9.47 Å². The number of hydrogen-bond donors (Lipinski definition) is 0. The predicted octanol–water partition coefficient (Wildman–Crippen LogP) is 3.19.